The van der Waals surface area contributed by atoms with Crippen LogP contribution in [-0.2, 0) is 21.6 Å². The number of carboxylic acids is 1. The Morgan fingerprint density at radius 1 is 1.17 bits per heavy atom. The van der Waals surface area contributed by atoms with Crippen LogP contribution >= 0.6 is 11.6 Å². The van der Waals surface area contributed by atoms with Crippen LogP contribution in [0.25, 0.3) is 0 Å². The molecule has 0 spiro atoms. The van der Waals surface area contributed by atoms with Crippen LogP contribution in [0.3, 0.4) is 0 Å². The Balaban J connectivity index is 2.29. The van der Waals surface area contributed by atoms with Crippen molar-refractivity contribution in [2.75, 3.05) is 0 Å². The highest BCUT2D eigenvalue weighted by Crippen LogP contribution is 2.31. The molecule has 6 heteroatoms. The van der Waals surface area contributed by atoms with E-state index in [0.29, 0.717) is 10.6 Å². The molecule has 0 aliphatic rings. The highest BCUT2D eigenvalue weighted by atomic mass is 35.5. The molecule has 0 saturated carbocycles. The number of ketones is 1. The van der Waals surface area contributed by atoms with Crippen LogP contribution in [-0.4, -0.2) is 22.0 Å². The molecule has 2 rings (SSSR count). The van der Waals surface area contributed by atoms with Crippen molar-refractivity contribution < 1.29 is 24.2 Å². The van der Waals surface area contributed by atoms with Gasteiger partial charge >= 0.3 is 5.97 Å². The molecule has 0 amide bonds. The van der Waals surface area contributed by atoms with Crippen molar-refractivity contribution in [3.05, 3.63) is 70.0 Å². The first-order valence-corrected chi connectivity index (χ1v) is 7.59. The van der Waals surface area contributed by atoms with Gasteiger partial charge in [-0.3, -0.25) is 4.79 Å². The zero-order chi connectivity index (χ0) is 17.9. The number of rotatable bonds is 6. The van der Waals surface area contributed by atoms with E-state index in [1.165, 1.54) is 19.1 Å². The van der Waals surface area contributed by atoms with Crippen LogP contribution < -0.4 is 0 Å². The van der Waals surface area contributed by atoms with E-state index < -0.39 is 29.6 Å². The highest BCUT2D eigenvalue weighted by Gasteiger charge is 2.43. The van der Waals surface area contributed by atoms with Crippen LogP contribution in [0.15, 0.2) is 42.5 Å². The molecule has 2 aromatic rings. The van der Waals surface area contributed by atoms with Crippen molar-refractivity contribution in [1.82, 2.24) is 0 Å². The molecule has 126 valence electrons. The molecule has 0 bridgehead atoms. The number of hydrogen-bond donors (Lipinski definition) is 2. The molecule has 0 aliphatic carbocycles. The Morgan fingerprint density at radius 3 is 2.33 bits per heavy atom. The van der Waals surface area contributed by atoms with Crippen molar-refractivity contribution in [1.29, 1.82) is 0 Å². The Morgan fingerprint density at radius 2 is 1.79 bits per heavy atom. The number of Topliss-reactive ketones (excluding diaryl/α,β-unsaturated/α-hetero) is 1. The lowest BCUT2D eigenvalue weighted by atomic mass is 9.84. The largest absolute Gasteiger partial charge is 0.479 e. The molecule has 0 saturated heterocycles. The number of aliphatic carboxylic acids is 1. The molecule has 0 radical (unpaired) electrons. The molecule has 1 atom stereocenters. The summed E-state index contributed by atoms with van der Waals surface area (Å²) in [4.78, 5) is 23.8. The quantitative estimate of drug-likeness (QED) is 0.838. The fraction of sp³-hybridized carbons (Fsp3) is 0.222. The number of carboxylic acid groups (broad SMARTS) is 1. The van der Waals surface area contributed by atoms with E-state index in [0.717, 1.165) is 6.07 Å². The molecule has 0 heterocycles. The summed E-state index contributed by atoms with van der Waals surface area (Å²) in [6, 6.07) is 10.4. The summed E-state index contributed by atoms with van der Waals surface area (Å²) in [6.07, 6.45) is -0.813. The van der Waals surface area contributed by atoms with E-state index in [4.69, 9.17) is 11.6 Å². The Kier molecular flexibility index (Phi) is 5.36. The summed E-state index contributed by atoms with van der Waals surface area (Å²) in [5.41, 5.74) is -2.11. The van der Waals surface area contributed by atoms with Gasteiger partial charge in [-0.15, -0.1) is 0 Å². The van der Waals surface area contributed by atoms with Gasteiger partial charge in [-0.25, -0.2) is 9.18 Å². The predicted octanol–water partition coefficient (Wildman–Crippen LogP) is 3.26. The maximum absolute atomic E-state index is 14.1. The highest BCUT2D eigenvalue weighted by molar-refractivity contribution is 6.30. The average Bonchev–Trinajstić information content (AvgIpc) is 2.49. The zero-order valence-corrected chi connectivity index (χ0v) is 13.7. The summed E-state index contributed by atoms with van der Waals surface area (Å²) >= 11 is 5.77. The minimum absolute atomic E-state index is 0.0831. The number of hydrogen-bond acceptors (Lipinski definition) is 3. The van der Waals surface area contributed by atoms with Crippen molar-refractivity contribution in [2.24, 2.45) is 0 Å². The summed E-state index contributed by atoms with van der Waals surface area (Å²) in [6.45, 7) is 1.48. The van der Waals surface area contributed by atoms with Crippen LogP contribution in [0.2, 0.25) is 5.02 Å². The van der Waals surface area contributed by atoms with Gasteiger partial charge in [-0.2, -0.15) is 0 Å². The van der Waals surface area contributed by atoms with E-state index >= 15 is 0 Å². The average molecular weight is 351 g/mol. The second-order valence-electron chi connectivity index (χ2n) is 5.62. The van der Waals surface area contributed by atoms with Gasteiger partial charge in [-0.1, -0.05) is 35.9 Å². The Bertz CT molecular complexity index is 753. The monoisotopic (exact) mass is 350 g/mol. The first kappa shape index (κ1) is 18.1. The number of carbonyl (C=O) groups is 2. The van der Waals surface area contributed by atoms with Gasteiger partial charge in [0.25, 0.3) is 0 Å². The normalized spacial score (nSPS) is 13.3. The van der Waals surface area contributed by atoms with Gasteiger partial charge in [0.05, 0.1) is 6.42 Å². The van der Waals surface area contributed by atoms with Crippen molar-refractivity contribution >= 4 is 23.4 Å². The lowest BCUT2D eigenvalue weighted by molar-refractivity contribution is -0.163. The van der Waals surface area contributed by atoms with Crippen LogP contribution in [0.4, 0.5) is 4.39 Å². The summed E-state index contributed by atoms with van der Waals surface area (Å²) in [7, 11) is 0. The van der Waals surface area contributed by atoms with E-state index in [2.05, 4.69) is 0 Å². The van der Waals surface area contributed by atoms with Crippen LogP contribution in [0.1, 0.15) is 23.1 Å². The number of halogens is 2. The summed E-state index contributed by atoms with van der Waals surface area (Å²) in [5, 5.41) is 20.4. The predicted molar refractivity (Wildman–Crippen MR) is 87.4 cm³/mol. The van der Waals surface area contributed by atoms with Crippen LogP contribution in [0.5, 0.6) is 0 Å². The van der Waals surface area contributed by atoms with E-state index in [9.17, 15) is 24.2 Å². The Labute approximate surface area is 143 Å². The SMILES string of the molecule is Cc1cccc(F)c1C(O)(CC(=O)Cc1ccc(Cl)cc1)C(=O)O. The fourth-order valence-electron chi connectivity index (χ4n) is 2.60. The molecule has 2 N–H and O–H groups in total. The fourth-order valence-corrected chi connectivity index (χ4v) is 2.73. The summed E-state index contributed by atoms with van der Waals surface area (Å²) < 4.78 is 14.1. The second-order valence-corrected chi connectivity index (χ2v) is 6.05. The molecule has 24 heavy (non-hydrogen) atoms. The summed E-state index contributed by atoms with van der Waals surface area (Å²) in [5.74, 6) is -3.05. The van der Waals surface area contributed by atoms with Gasteiger partial charge in [0.2, 0.25) is 0 Å². The van der Waals surface area contributed by atoms with Crippen molar-refractivity contribution in [2.45, 2.75) is 25.4 Å². The molecule has 1 unspecified atom stereocenters. The lowest BCUT2D eigenvalue weighted by Gasteiger charge is -2.25. The third kappa shape index (κ3) is 3.80. The van der Waals surface area contributed by atoms with Gasteiger partial charge < -0.3 is 10.2 Å². The van der Waals surface area contributed by atoms with E-state index in [1.807, 2.05) is 0 Å². The molecular formula is C18H16ClFO4. The number of carbonyl (C=O) groups excluding carboxylic acids is 1. The maximum atomic E-state index is 14.1. The van der Waals surface area contributed by atoms with Crippen molar-refractivity contribution in [3.8, 4) is 0 Å². The van der Waals surface area contributed by atoms with E-state index in [-0.39, 0.29) is 17.5 Å². The molecular weight excluding hydrogens is 335 g/mol. The lowest BCUT2D eigenvalue weighted by Crippen LogP contribution is -2.39. The molecule has 0 aliphatic heterocycles. The standard InChI is InChI=1S/C18H16ClFO4/c1-11-3-2-4-15(20)16(11)18(24,17(22)23)10-14(21)9-12-5-7-13(19)8-6-12/h2-8,24H,9-10H2,1H3,(H,22,23). The molecule has 0 fully saturated rings. The van der Waals surface area contributed by atoms with Crippen molar-refractivity contribution in [3.63, 3.8) is 0 Å². The molecule has 0 aromatic heterocycles. The zero-order valence-electron chi connectivity index (χ0n) is 12.9. The van der Waals surface area contributed by atoms with Gasteiger partial charge in [0, 0.05) is 17.0 Å². The Hall–Kier alpha value is -2.24. The minimum atomic E-state index is -2.61. The van der Waals surface area contributed by atoms with Gasteiger partial charge in [0.1, 0.15) is 11.6 Å². The van der Waals surface area contributed by atoms with Gasteiger partial charge in [-0.05, 0) is 36.2 Å². The molecule has 4 nitrogen and oxygen atoms in total. The molecule has 2 aromatic carbocycles. The van der Waals surface area contributed by atoms with Crippen LogP contribution in [0, 0.1) is 12.7 Å². The number of aliphatic hydroxyl groups is 1. The first-order valence-electron chi connectivity index (χ1n) is 7.21. The topological polar surface area (TPSA) is 74.6 Å². The third-order valence-corrected chi connectivity index (χ3v) is 4.01. The smallest absolute Gasteiger partial charge is 0.340 e. The van der Waals surface area contributed by atoms with Gasteiger partial charge in [0.15, 0.2) is 5.60 Å². The third-order valence-electron chi connectivity index (χ3n) is 3.76. The minimum Gasteiger partial charge on any atom is -0.479 e. The maximum Gasteiger partial charge on any atom is 0.340 e. The number of benzene rings is 2. The first-order chi connectivity index (χ1) is 11.2. The van der Waals surface area contributed by atoms with E-state index in [1.54, 1.807) is 24.3 Å². The number of aryl methyl sites for hydroxylation is 1. The second kappa shape index (κ2) is 7.11.